The van der Waals surface area contributed by atoms with Crippen molar-refractivity contribution in [2.75, 3.05) is 32.1 Å². The van der Waals surface area contributed by atoms with E-state index in [1.807, 2.05) is 73.0 Å². The minimum Gasteiger partial charge on any atom is -0.492 e. The molecule has 1 N–H and O–H groups in total. The zero-order chi connectivity index (χ0) is 28.3. The van der Waals surface area contributed by atoms with Gasteiger partial charge in [0, 0.05) is 29.8 Å². The summed E-state index contributed by atoms with van der Waals surface area (Å²) in [6.45, 7) is 3.39. The van der Waals surface area contributed by atoms with Gasteiger partial charge in [-0.2, -0.15) is 0 Å². The molecule has 0 saturated carbocycles. The molecule has 0 saturated heterocycles. The molecule has 0 aliphatic heterocycles. The quantitative estimate of drug-likeness (QED) is 0.168. The van der Waals surface area contributed by atoms with Crippen LogP contribution in [0.5, 0.6) is 5.75 Å². The molecule has 0 radical (unpaired) electrons. The first kappa shape index (κ1) is 28.6. The highest BCUT2D eigenvalue weighted by atomic mass is 32.1. The summed E-state index contributed by atoms with van der Waals surface area (Å²) in [5.41, 5.74) is 2.50. The molecule has 1 amide bonds. The van der Waals surface area contributed by atoms with Gasteiger partial charge >= 0.3 is 5.97 Å². The zero-order valence-corrected chi connectivity index (χ0v) is 23.4. The Labute approximate surface area is 238 Å². The van der Waals surface area contributed by atoms with E-state index in [4.69, 9.17) is 9.47 Å². The van der Waals surface area contributed by atoms with Crippen molar-refractivity contribution in [1.29, 1.82) is 0 Å². The van der Waals surface area contributed by atoms with Crippen LogP contribution >= 0.6 is 11.3 Å². The van der Waals surface area contributed by atoms with Crippen LogP contribution in [-0.4, -0.2) is 55.4 Å². The molecule has 0 fully saturated rings. The number of nitrogens with one attached hydrogen (secondary N) is 1. The molecule has 8 heteroatoms. The number of benzene rings is 3. The largest absolute Gasteiger partial charge is 0.492 e. The van der Waals surface area contributed by atoms with Gasteiger partial charge in [0.2, 0.25) is 0 Å². The summed E-state index contributed by atoms with van der Waals surface area (Å²) >= 11 is 1.43. The van der Waals surface area contributed by atoms with Crippen molar-refractivity contribution >= 4 is 34.7 Å². The van der Waals surface area contributed by atoms with E-state index in [0.29, 0.717) is 53.6 Å². The van der Waals surface area contributed by atoms with Gasteiger partial charge in [-0.25, -0.2) is 4.79 Å². The number of anilines is 1. The molecular weight excluding hydrogens is 524 g/mol. The van der Waals surface area contributed by atoms with Crippen molar-refractivity contribution < 1.29 is 23.9 Å². The minimum absolute atomic E-state index is 0.00448. The molecule has 7 nitrogen and oxygen atoms in total. The Morgan fingerprint density at radius 2 is 1.62 bits per heavy atom. The number of amides is 1. The summed E-state index contributed by atoms with van der Waals surface area (Å²) in [6, 6.07) is 26.6. The smallest absolute Gasteiger partial charge is 0.328 e. The van der Waals surface area contributed by atoms with E-state index in [-0.39, 0.29) is 11.7 Å². The van der Waals surface area contributed by atoms with Crippen LogP contribution < -0.4 is 10.1 Å². The van der Waals surface area contributed by atoms with Gasteiger partial charge in [-0.1, -0.05) is 60.7 Å². The Balaban J connectivity index is 1.39. The van der Waals surface area contributed by atoms with Crippen LogP contribution in [0.15, 0.2) is 96.4 Å². The number of carbonyl (C=O) groups is 3. The molecule has 206 valence electrons. The minimum atomic E-state index is -0.706. The first-order valence-corrected chi connectivity index (χ1v) is 14.0. The van der Waals surface area contributed by atoms with Crippen LogP contribution in [-0.2, 0) is 16.0 Å². The Hall–Kier alpha value is -4.43. The number of hydrogen-bond donors (Lipinski definition) is 1. The fourth-order valence-electron chi connectivity index (χ4n) is 4.27. The van der Waals surface area contributed by atoms with Crippen LogP contribution in [0.1, 0.15) is 38.1 Å². The van der Waals surface area contributed by atoms with Crippen molar-refractivity contribution in [3.63, 3.8) is 0 Å². The summed E-state index contributed by atoms with van der Waals surface area (Å²) in [5.74, 6) is 0.111. The molecule has 1 heterocycles. The highest BCUT2D eigenvalue weighted by Crippen LogP contribution is 2.22. The molecule has 40 heavy (non-hydrogen) atoms. The van der Waals surface area contributed by atoms with Crippen LogP contribution in [0.25, 0.3) is 0 Å². The van der Waals surface area contributed by atoms with Gasteiger partial charge in [0.15, 0.2) is 5.78 Å². The van der Waals surface area contributed by atoms with E-state index >= 15 is 0 Å². The maximum Gasteiger partial charge on any atom is 0.328 e. The molecule has 3 aromatic carbocycles. The number of esters is 1. The van der Waals surface area contributed by atoms with E-state index in [2.05, 4.69) is 5.32 Å². The molecule has 0 aliphatic carbocycles. The number of thiophene rings is 1. The molecule has 0 unspecified atom stereocenters. The lowest BCUT2D eigenvalue weighted by Crippen LogP contribution is -2.34. The number of carbonyl (C=O) groups excluding carboxylic acids is 3. The number of para-hydroxylation sites is 1. The van der Waals surface area contributed by atoms with Gasteiger partial charge in [0.1, 0.15) is 18.4 Å². The van der Waals surface area contributed by atoms with Gasteiger partial charge in [-0.05, 0) is 48.2 Å². The SMILES string of the molecule is CCN(CCOc1ccc(C[C@H](Nc2ccccc2C(=O)c2ccccc2)C(=O)OC)cc1)C(=O)c1cccs1. The lowest BCUT2D eigenvalue weighted by Gasteiger charge is -2.21. The molecule has 1 atom stereocenters. The number of methoxy groups -OCH3 is 1. The average molecular weight is 557 g/mol. The summed E-state index contributed by atoms with van der Waals surface area (Å²) in [5, 5.41) is 5.12. The van der Waals surface area contributed by atoms with E-state index in [0.717, 1.165) is 5.56 Å². The van der Waals surface area contributed by atoms with Crippen LogP contribution in [0.2, 0.25) is 0 Å². The van der Waals surface area contributed by atoms with Crippen molar-refractivity contribution in [2.24, 2.45) is 0 Å². The molecule has 0 aliphatic rings. The van der Waals surface area contributed by atoms with Crippen molar-refractivity contribution in [3.8, 4) is 5.75 Å². The summed E-state index contributed by atoms with van der Waals surface area (Å²) in [6.07, 6.45) is 0.347. The molecular formula is C32H32N2O5S. The number of likely N-dealkylation sites (N-methyl/N-ethyl adjacent to an activating group) is 1. The first-order valence-electron chi connectivity index (χ1n) is 13.1. The summed E-state index contributed by atoms with van der Waals surface area (Å²) < 4.78 is 10.9. The zero-order valence-electron chi connectivity index (χ0n) is 22.5. The Kier molecular flexibility index (Phi) is 10.1. The van der Waals surface area contributed by atoms with Gasteiger partial charge in [-0.15, -0.1) is 11.3 Å². The number of nitrogens with zero attached hydrogens (tertiary/aromatic N) is 1. The predicted octanol–water partition coefficient (Wildman–Crippen LogP) is 5.72. The van der Waals surface area contributed by atoms with Crippen LogP contribution in [0, 0.1) is 0 Å². The molecule has 0 bridgehead atoms. The molecule has 1 aromatic heterocycles. The molecule has 4 rings (SSSR count). The highest BCUT2D eigenvalue weighted by Gasteiger charge is 2.23. The number of hydrogen-bond acceptors (Lipinski definition) is 7. The highest BCUT2D eigenvalue weighted by molar-refractivity contribution is 7.12. The van der Waals surface area contributed by atoms with E-state index in [1.54, 1.807) is 35.2 Å². The third-order valence-electron chi connectivity index (χ3n) is 6.42. The Morgan fingerprint density at radius 3 is 2.30 bits per heavy atom. The van der Waals surface area contributed by atoms with Gasteiger partial charge in [-0.3, -0.25) is 9.59 Å². The van der Waals surface area contributed by atoms with Crippen molar-refractivity contribution in [1.82, 2.24) is 4.90 Å². The summed E-state index contributed by atoms with van der Waals surface area (Å²) in [4.78, 5) is 40.9. The third-order valence-corrected chi connectivity index (χ3v) is 7.27. The third kappa shape index (κ3) is 7.36. The second-order valence-corrected chi connectivity index (χ2v) is 9.97. The number of ether oxygens (including phenoxy) is 2. The lowest BCUT2D eigenvalue weighted by atomic mass is 10.00. The second kappa shape index (κ2) is 14.1. The average Bonchev–Trinajstić information content (AvgIpc) is 3.55. The normalized spacial score (nSPS) is 11.3. The van der Waals surface area contributed by atoms with E-state index in [1.165, 1.54) is 18.4 Å². The van der Waals surface area contributed by atoms with Crippen molar-refractivity contribution in [2.45, 2.75) is 19.4 Å². The van der Waals surface area contributed by atoms with E-state index in [9.17, 15) is 14.4 Å². The maximum absolute atomic E-state index is 13.1. The van der Waals surface area contributed by atoms with E-state index < -0.39 is 12.0 Å². The topological polar surface area (TPSA) is 84.9 Å². The summed E-state index contributed by atoms with van der Waals surface area (Å²) in [7, 11) is 1.35. The monoisotopic (exact) mass is 556 g/mol. The fourth-order valence-corrected chi connectivity index (χ4v) is 4.96. The Bertz CT molecular complexity index is 1410. The molecule has 0 spiro atoms. The predicted molar refractivity (Wildman–Crippen MR) is 157 cm³/mol. The van der Waals surface area contributed by atoms with Gasteiger partial charge in [0.05, 0.1) is 18.5 Å². The fraction of sp³-hybridized carbons (Fsp3) is 0.219. The first-order chi connectivity index (χ1) is 19.5. The van der Waals surface area contributed by atoms with Crippen LogP contribution in [0.4, 0.5) is 5.69 Å². The molecule has 4 aromatic rings. The van der Waals surface area contributed by atoms with Gasteiger partial charge < -0.3 is 19.7 Å². The van der Waals surface area contributed by atoms with Gasteiger partial charge in [0.25, 0.3) is 5.91 Å². The second-order valence-electron chi connectivity index (χ2n) is 9.02. The lowest BCUT2D eigenvalue weighted by molar-refractivity contribution is -0.141. The standard InChI is InChI=1S/C32H32N2O5S/c1-3-34(31(36)29-14-9-21-40-29)19-20-39-25-17-15-23(16-18-25)22-28(32(37)38-2)33-27-13-8-7-12-26(27)30(35)24-10-5-4-6-11-24/h4-18,21,28,33H,3,19-20,22H2,1-2H3/t28-/m0/s1. The maximum atomic E-state index is 13.1. The van der Waals surface area contributed by atoms with Crippen LogP contribution in [0.3, 0.4) is 0 Å². The number of ketones is 1. The number of rotatable bonds is 13. The van der Waals surface area contributed by atoms with Crippen molar-refractivity contribution in [3.05, 3.63) is 118 Å². The Morgan fingerprint density at radius 1 is 0.900 bits per heavy atom.